The van der Waals surface area contributed by atoms with Gasteiger partial charge < -0.3 is 10.2 Å². The second-order valence-corrected chi connectivity index (χ2v) is 3.84. The maximum Gasteiger partial charge on any atom is 0.307 e. The van der Waals surface area contributed by atoms with Crippen LogP contribution in [0, 0.1) is 11.8 Å². The van der Waals surface area contributed by atoms with Gasteiger partial charge in [-0.25, -0.2) is 0 Å². The minimum absolute atomic E-state index is 0.123. The molecule has 3 nitrogen and oxygen atoms in total. The Bertz CT molecular complexity index is 230. The third-order valence-corrected chi connectivity index (χ3v) is 2.73. The van der Waals surface area contributed by atoms with Crippen LogP contribution in [0.4, 0.5) is 0 Å². The van der Waals surface area contributed by atoms with Gasteiger partial charge in [0.25, 0.3) is 0 Å². The lowest BCUT2D eigenvalue weighted by molar-refractivity contribution is -0.145. The molecule has 1 aliphatic rings. The van der Waals surface area contributed by atoms with Crippen molar-refractivity contribution in [1.29, 1.82) is 0 Å². The predicted octanol–water partition coefficient (Wildman–Crippen LogP) is 1.42. The summed E-state index contributed by atoms with van der Waals surface area (Å²) in [5, 5.41) is 18.3. The highest BCUT2D eigenvalue weighted by Crippen LogP contribution is 2.32. The third kappa shape index (κ3) is 2.31. The lowest BCUT2D eigenvalue weighted by Crippen LogP contribution is -2.33. The second kappa shape index (κ2) is 3.92. The van der Waals surface area contributed by atoms with E-state index in [0.29, 0.717) is 12.8 Å². The van der Waals surface area contributed by atoms with Crippen molar-refractivity contribution < 1.29 is 15.0 Å². The highest BCUT2D eigenvalue weighted by atomic mass is 16.4. The first-order chi connectivity index (χ1) is 6.02. The van der Waals surface area contributed by atoms with Crippen LogP contribution in [0.2, 0.25) is 0 Å². The topological polar surface area (TPSA) is 57.5 Å². The van der Waals surface area contributed by atoms with Gasteiger partial charge in [0.2, 0.25) is 0 Å². The Hall–Kier alpha value is -0.830. The highest BCUT2D eigenvalue weighted by Gasteiger charge is 2.33. The van der Waals surface area contributed by atoms with Crippen molar-refractivity contribution in [1.82, 2.24) is 0 Å². The van der Waals surface area contributed by atoms with Gasteiger partial charge in [0.05, 0.1) is 12.0 Å². The van der Waals surface area contributed by atoms with Crippen molar-refractivity contribution in [3.63, 3.8) is 0 Å². The van der Waals surface area contributed by atoms with Gasteiger partial charge in [-0.15, -0.1) is 0 Å². The van der Waals surface area contributed by atoms with E-state index >= 15 is 0 Å². The zero-order valence-electron chi connectivity index (χ0n) is 8.03. The van der Waals surface area contributed by atoms with Crippen LogP contribution in [-0.4, -0.2) is 22.3 Å². The summed E-state index contributed by atoms with van der Waals surface area (Å²) in [6.45, 7) is 3.65. The molecule has 1 rings (SSSR count). The molecule has 0 saturated heterocycles. The summed E-state index contributed by atoms with van der Waals surface area (Å²) in [6, 6.07) is 0. The molecule has 0 amide bonds. The Morgan fingerprint density at radius 3 is 2.77 bits per heavy atom. The molecule has 13 heavy (non-hydrogen) atoms. The molecule has 2 N–H and O–H groups in total. The summed E-state index contributed by atoms with van der Waals surface area (Å²) in [4.78, 5) is 10.8. The first-order valence-electron chi connectivity index (χ1n) is 4.59. The summed E-state index contributed by atoms with van der Waals surface area (Å²) in [7, 11) is 0. The van der Waals surface area contributed by atoms with Crippen molar-refractivity contribution in [2.45, 2.75) is 32.8 Å². The van der Waals surface area contributed by atoms with Crippen LogP contribution in [0.1, 0.15) is 26.7 Å². The van der Waals surface area contributed by atoms with Crippen molar-refractivity contribution in [3.8, 4) is 0 Å². The molecule has 0 aromatic rings. The number of allylic oxidation sites excluding steroid dienone is 2. The van der Waals surface area contributed by atoms with Crippen LogP contribution in [-0.2, 0) is 4.79 Å². The largest absolute Gasteiger partial charge is 0.481 e. The normalized spacial score (nSPS) is 30.8. The molecule has 0 aliphatic heterocycles. The molecule has 2 unspecified atom stereocenters. The first-order valence-corrected chi connectivity index (χ1v) is 4.59. The molecule has 0 fully saturated rings. The van der Waals surface area contributed by atoms with E-state index in [0.717, 1.165) is 0 Å². The molecule has 1 aliphatic carbocycles. The molecular formula is C10H16O3. The van der Waals surface area contributed by atoms with Crippen LogP contribution < -0.4 is 0 Å². The lowest BCUT2D eigenvalue weighted by atomic mass is 9.77. The standard InChI is InChI=1S/C10H16O3/c1-6-3-4-8(10(12)13)9(5-6)7(2)11/h3,7-9,11H,4-5H2,1-2H3,(H,12,13)/t7?,8?,9-/m1/s1. The molecule has 74 valence electrons. The minimum Gasteiger partial charge on any atom is -0.481 e. The van der Waals surface area contributed by atoms with Crippen molar-refractivity contribution in [3.05, 3.63) is 11.6 Å². The Labute approximate surface area is 78.1 Å². The molecule has 0 saturated carbocycles. The predicted molar refractivity (Wildman–Crippen MR) is 49.3 cm³/mol. The Kier molecular flexibility index (Phi) is 3.09. The lowest BCUT2D eigenvalue weighted by Gasteiger charge is -2.29. The zero-order chi connectivity index (χ0) is 10.0. The SMILES string of the molecule is CC1=CCC(C(=O)O)[C@@H](C(C)O)C1. The van der Waals surface area contributed by atoms with Crippen LogP contribution in [0.15, 0.2) is 11.6 Å². The second-order valence-electron chi connectivity index (χ2n) is 3.84. The number of aliphatic carboxylic acids is 1. The monoisotopic (exact) mass is 184 g/mol. The Morgan fingerprint density at radius 1 is 1.69 bits per heavy atom. The van der Waals surface area contributed by atoms with E-state index in [-0.39, 0.29) is 5.92 Å². The number of hydrogen-bond donors (Lipinski definition) is 2. The number of hydrogen-bond acceptors (Lipinski definition) is 2. The van der Waals surface area contributed by atoms with Gasteiger partial charge in [-0.05, 0) is 26.7 Å². The van der Waals surface area contributed by atoms with Gasteiger partial charge in [-0.2, -0.15) is 0 Å². The quantitative estimate of drug-likeness (QED) is 0.638. The maximum atomic E-state index is 10.8. The fourth-order valence-electron chi connectivity index (χ4n) is 1.89. The van der Waals surface area contributed by atoms with E-state index in [2.05, 4.69) is 0 Å². The van der Waals surface area contributed by atoms with Gasteiger partial charge in [0, 0.05) is 5.92 Å². The number of aliphatic hydroxyl groups excluding tert-OH is 1. The summed E-state index contributed by atoms with van der Waals surface area (Å²) in [5.41, 5.74) is 1.18. The summed E-state index contributed by atoms with van der Waals surface area (Å²) in [6.07, 6.45) is 2.67. The van der Waals surface area contributed by atoms with Gasteiger partial charge in [0.15, 0.2) is 0 Å². The molecule has 0 heterocycles. The molecule has 3 heteroatoms. The van der Waals surface area contributed by atoms with Crippen molar-refractivity contribution in [2.24, 2.45) is 11.8 Å². The number of rotatable bonds is 2. The zero-order valence-corrected chi connectivity index (χ0v) is 8.03. The summed E-state index contributed by atoms with van der Waals surface area (Å²) in [5.74, 6) is -1.33. The van der Waals surface area contributed by atoms with Crippen LogP contribution in [0.3, 0.4) is 0 Å². The fraction of sp³-hybridized carbons (Fsp3) is 0.700. The highest BCUT2D eigenvalue weighted by molar-refractivity contribution is 5.71. The van der Waals surface area contributed by atoms with E-state index in [1.807, 2.05) is 13.0 Å². The molecule has 0 radical (unpaired) electrons. The molecule has 3 atom stereocenters. The summed E-state index contributed by atoms with van der Waals surface area (Å²) < 4.78 is 0. The van der Waals surface area contributed by atoms with Gasteiger partial charge in [0.1, 0.15) is 0 Å². The fourth-order valence-corrected chi connectivity index (χ4v) is 1.89. The first kappa shape index (κ1) is 10.3. The third-order valence-electron chi connectivity index (χ3n) is 2.73. The van der Waals surface area contributed by atoms with E-state index in [1.165, 1.54) is 5.57 Å². The number of carboxylic acid groups (broad SMARTS) is 1. The molecule has 0 spiro atoms. The van der Waals surface area contributed by atoms with Crippen LogP contribution in [0.25, 0.3) is 0 Å². The smallest absolute Gasteiger partial charge is 0.307 e. The number of aliphatic hydroxyl groups is 1. The molecule has 0 bridgehead atoms. The van der Waals surface area contributed by atoms with Gasteiger partial charge >= 0.3 is 5.97 Å². The number of carboxylic acids is 1. The van der Waals surface area contributed by atoms with E-state index in [9.17, 15) is 9.90 Å². The van der Waals surface area contributed by atoms with Crippen LogP contribution >= 0.6 is 0 Å². The van der Waals surface area contributed by atoms with Gasteiger partial charge in [-0.1, -0.05) is 11.6 Å². The molecule has 0 aromatic heterocycles. The van der Waals surface area contributed by atoms with Crippen molar-refractivity contribution >= 4 is 5.97 Å². The average molecular weight is 184 g/mol. The van der Waals surface area contributed by atoms with E-state index in [1.54, 1.807) is 6.92 Å². The molecular weight excluding hydrogens is 168 g/mol. The summed E-state index contributed by atoms with van der Waals surface area (Å²) >= 11 is 0. The average Bonchev–Trinajstić information content (AvgIpc) is 2.03. The minimum atomic E-state index is -0.797. The van der Waals surface area contributed by atoms with E-state index in [4.69, 9.17) is 5.11 Å². The Morgan fingerprint density at radius 2 is 2.31 bits per heavy atom. The maximum absolute atomic E-state index is 10.8. The van der Waals surface area contributed by atoms with Gasteiger partial charge in [-0.3, -0.25) is 4.79 Å². The van der Waals surface area contributed by atoms with Crippen molar-refractivity contribution in [2.75, 3.05) is 0 Å². The number of carbonyl (C=O) groups is 1. The van der Waals surface area contributed by atoms with E-state index < -0.39 is 18.0 Å². The molecule has 0 aromatic carbocycles. The Balaban J connectivity index is 2.77. The van der Waals surface area contributed by atoms with Crippen LogP contribution in [0.5, 0.6) is 0 Å².